The molecule has 7 heteroatoms. The van der Waals surface area contributed by atoms with Crippen molar-refractivity contribution in [2.75, 3.05) is 26.4 Å². The van der Waals surface area contributed by atoms with E-state index in [4.69, 9.17) is 14.9 Å². The second-order valence-corrected chi connectivity index (χ2v) is 4.23. The quantitative estimate of drug-likeness (QED) is 0.627. The van der Waals surface area contributed by atoms with Crippen molar-refractivity contribution in [1.82, 2.24) is 10.2 Å². The predicted molar refractivity (Wildman–Crippen MR) is 63.3 cm³/mol. The van der Waals surface area contributed by atoms with Crippen molar-refractivity contribution in [3.05, 3.63) is 0 Å². The van der Waals surface area contributed by atoms with Crippen LogP contribution in [0.4, 0.5) is 4.79 Å². The van der Waals surface area contributed by atoms with Crippen LogP contribution in [0, 0.1) is 0 Å². The van der Waals surface area contributed by atoms with E-state index >= 15 is 0 Å². The number of rotatable bonds is 5. The van der Waals surface area contributed by atoms with Gasteiger partial charge >= 0.3 is 12.0 Å². The van der Waals surface area contributed by atoms with E-state index in [9.17, 15) is 9.59 Å². The molecular formula is C11H20N2O5. The van der Waals surface area contributed by atoms with Gasteiger partial charge in [0.25, 0.3) is 0 Å². The van der Waals surface area contributed by atoms with E-state index in [-0.39, 0.29) is 13.2 Å². The number of carbonyl (C=O) groups is 2. The van der Waals surface area contributed by atoms with Crippen LogP contribution in [0.3, 0.4) is 0 Å². The highest BCUT2D eigenvalue weighted by Gasteiger charge is 2.29. The first-order chi connectivity index (χ1) is 8.60. The van der Waals surface area contributed by atoms with Crippen LogP contribution in [-0.2, 0) is 9.53 Å². The van der Waals surface area contributed by atoms with Gasteiger partial charge in [-0.1, -0.05) is 13.3 Å². The van der Waals surface area contributed by atoms with E-state index in [0.717, 1.165) is 0 Å². The molecule has 1 saturated heterocycles. The summed E-state index contributed by atoms with van der Waals surface area (Å²) in [5, 5.41) is 20.6. The predicted octanol–water partition coefficient (Wildman–Crippen LogP) is -0.358. The largest absolute Gasteiger partial charge is 0.480 e. The zero-order chi connectivity index (χ0) is 13.5. The van der Waals surface area contributed by atoms with E-state index in [1.54, 1.807) is 0 Å². The molecule has 0 aromatic carbocycles. The average Bonchev–Trinajstić information content (AvgIpc) is 2.37. The first-order valence-electron chi connectivity index (χ1n) is 6.08. The van der Waals surface area contributed by atoms with E-state index < -0.39 is 24.1 Å². The number of nitrogens with one attached hydrogen (secondary N) is 1. The van der Waals surface area contributed by atoms with Crippen molar-refractivity contribution < 1.29 is 24.5 Å². The van der Waals surface area contributed by atoms with Crippen LogP contribution in [0.25, 0.3) is 0 Å². The highest BCUT2D eigenvalue weighted by molar-refractivity contribution is 5.82. The topological polar surface area (TPSA) is 99.1 Å². The third-order valence-corrected chi connectivity index (χ3v) is 2.87. The first kappa shape index (κ1) is 14.7. The maximum atomic E-state index is 11.9. The summed E-state index contributed by atoms with van der Waals surface area (Å²) in [5.41, 5.74) is 0. The summed E-state index contributed by atoms with van der Waals surface area (Å²) in [4.78, 5) is 24.3. The SMILES string of the molecule is CCCC(NC(=O)N1CCOCC1CO)C(=O)O. The van der Waals surface area contributed by atoms with Gasteiger partial charge in [0.15, 0.2) is 0 Å². The molecule has 0 aliphatic carbocycles. The van der Waals surface area contributed by atoms with Crippen LogP contribution < -0.4 is 5.32 Å². The van der Waals surface area contributed by atoms with Crippen LogP contribution in [0.2, 0.25) is 0 Å². The second kappa shape index (κ2) is 7.17. The molecule has 1 heterocycles. The van der Waals surface area contributed by atoms with Crippen LogP contribution in [0.5, 0.6) is 0 Å². The monoisotopic (exact) mass is 260 g/mol. The molecule has 1 rings (SSSR count). The summed E-state index contributed by atoms with van der Waals surface area (Å²) in [5.74, 6) is -1.04. The Hall–Kier alpha value is -1.34. The zero-order valence-electron chi connectivity index (χ0n) is 10.5. The summed E-state index contributed by atoms with van der Waals surface area (Å²) in [7, 11) is 0. The zero-order valence-corrected chi connectivity index (χ0v) is 10.5. The fourth-order valence-corrected chi connectivity index (χ4v) is 1.85. The molecule has 0 saturated carbocycles. The molecule has 0 radical (unpaired) electrons. The van der Waals surface area contributed by atoms with Gasteiger partial charge in [-0.05, 0) is 6.42 Å². The summed E-state index contributed by atoms with van der Waals surface area (Å²) in [6.45, 7) is 2.69. The summed E-state index contributed by atoms with van der Waals surface area (Å²) < 4.78 is 5.16. The first-order valence-corrected chi connectivity index (χ1v) is 6.08. The Morgan fingerprint density at radius 1 is 1.56 bits per heavy atom. The minimum absolute atomic E-state index is 0.196. The van der Waals surface area contributed by atoms with Gasteiger partial charge in [0.2, 0.25) is 0 Å². The van der Waals surface area contributed by atoms with Gasteiger partial charge in [-0.25, -0.2) is 9.59 Å². The Morgan fingerprint density at radius 2 is 2.28 bits per heavy atom. The van der Waals surface area contributed by atoms with Gasteiger partial charge in [-0.3, -0.25) is 0 Å². The van der Waals surface area contributed by atoms with Crippen molar-refractivity contribution in [2.45, 2.75) is 31.8 Å². The molecule has 1 fully saturated rings. The highest BCUT2D eigenvalue weighted by atomic mass is 16.5. The Kier molecular flexibility index (Phi) is 5.87. The molecule has 0 aromatic rings. The van der Waals surface area contributed by atoms with Gasteiger partial charge in [-0.15, -0.1) is 0 Å². The molecule has 0 aromatic heterocycles. The van der Waals surface area contributed by atoms with E-state index in [1.165, 1.54) is 4.90 Å². The van der Waals surface area contributed by atoms with Crippen LogP contribution in [0.15, 0.2) is 0 Å². The standard InChI is InChI=1S/C11H20N2O5/c1-2-3-9(10(15)16)12-11(17)13-4-5-18-7-8(13)6-14/h8-9,14H,2-7H2,1H3,(H,12,17)(H,15,16). The van der Waals surface area contributed by atoms with Crippen LogP contribution in [0.1, 0.15) is 19.8 Å². The number of aliphatic carboxylic acids is 1. The number of carbonyl (C=O) groups excluding carboxylic acids is 1. The van der Waals surface area contributed by atoms with Crippen molar-refractivity contribution in [3.63, 3.8) is 0 Å². The molecule has 2 amide bonds. The number of urea groups is 1. The molecule has 18 heavy (non-hydrogen) atoms. The number of carboxylic acids is 1. The molecule has 2 atom stereocenters. The fraction of sp³-hybridized carbons (Fsp3) is 0.818. The number of ether oxygens (including phenoxy) is 1. The van der Waals surface area contributed by atoms with Gasteiger partial charge in [-0.2, -0.15) is 0 Å². The molecule has 1 aliphatic heterocycles. The number of hydrogen-bond donors (Lipinski definition) is 3. The average molecular weight is 260 g/mol. The molecule has 0 bridgehead atoms. The Labute approximate surface area is 106 Å². The molecule has 3 N–H and O–H groups in total. The van der Waals surface area contributed by atoms with Crippen molar-refractivity contribution in [3.8, 4) is 0 Å². The minimum atomic E-state index is -1.04. The summed E-state index contributed by atoms with van der Waals surface area (Å²) in [6.07, 6.45) is 1.05. The lowest BCUT2D eigenvalue weighted by atomic mass is 10.1. The molecule has 2 unspecified atom stereocenters. The lowest BCUT2D eigenvalue weighted by Crippen LogP contribution is -2.56. The molecular weight excluding hydrogens is 240 g/mol. The van der Waals surface area contributed by atoms with Gasteiger partial charge in [0.05, 0.1) is 25.9 Å². The number of hydrogen-bond acceptors (Lipinski definition) is 4. The fourth-order valence-electron chi connectivity index (χ4n) is 1.85. The molecule has 104 valence electrons. The van der Waals surface area contributed by atoms with Crippen molar-refractivity contribution in [1.29, 1.82) is 0 Å². The Morgan fingerprint density at radius 3 is 2.83 bits per heavy atom. The van der Waals surface area contributed by atoms with E-state index in [2.05, 4.69) is 5.32 Å². The second-order valence-electron chi connectivity index (χ2n) is 4.23. The normalized spacial score (nSPS) is 21.4. The number of carboxylic acid groups (broad SMARTS) is 1. The lowest BCUT2D eigenvalue weighted by Gasteiger charge is -2.35. The number of aliphatic hydroxyl groups is 1. The smallest absolute Gasteiger partial charge is 0.326 e. The van der Waals surface area contributed by atoms with Gasteiger partial charge < -0.3 is 25.2 Å². The Bertz CT molecular complexity index is 297. The maximum absolute atomic E-state index is 11.9. The van der Waals surface area contributed by atoms with Gasteiger partial charge in [0, 0.05) is 6.54 Å². The molecule has 7 nitrogen and oxygen atoms in total. The van der Waals surface area contributed by atoms with Crippen LogP contribution in [-0.4, -0.2) is 65.6 Å². The summed E-state index contributed by atoms with van der Waals surface area (Å²) in [6, 6.07) is -1.75. The van der Waals surface area contributed by atoms with E-state index in [1.807, 2.05) is 6.92 Å². The minimum Gasteiger partial charge on any atom is -0.480 e. The third kappa shape index (κ3) is 3.85. The number of amides is 2. The maximum Gasteiger partial charge on any atom is 0.326 e. The molecule has 0 spiro atoms. The Balaban J connectivity index is 2.58. The number of morpholine rings is 1. The number of aliphatic hydroxyl groups excluding tert-OH is 1. The third-order valence-electron chi connectivity index (χ3n) is 2.87. The molecule has 1 aliphatic rings. The lowest BCUT2D eigenvalue weighted by molar-refractivity contribution is -0.139. The van der Waals surface area contributed by atoms with Crippen molar-refractivity contribution in [2.24, 2.45) is 0 Å². The van der Waals surface area contributed by atoms with Crippen molar-refractivity contribution >= 4 is 12.0 Å². The highest BCUT2D eigenvalue weighted by Crippen LogP contribution is 2.08. The van der Waals surface area contributed by atoms with Crippen LogP contribution >= 0.6 is 0 Å². The number of nitrogens with zero attached hydrogens (tertiary/aromatic N) is 1. The summed E-state index contributed by atoms with van der Waals surface area (Å²) >= 11 is 0. The van der Waals surface area contributed by atoms with E-state index in [0.29, 0.717) is 26.0 Å². The van der Waals surface area contributed by atoms with Gasteiger partial charge in [0.1, 0.15) is 6.04 Å².